The second-order valence-electron chi connectivity index (χ2n) is 4.43. The van der Waals surface area contributed by atoms with Gasteiger partial charge >= 0.3 is 0 Å². The van der Waals surface area contributed by atoms with Crippen molar-refractivity contribution in [2.24, 2.45) is 0 Å². The molecule has 0 bridgehead atoms. The number of rotatable bonds is 3. The lowest BCUT2D eigenvalue weighted by Gasteiger charge is -2.02. The van der Waals surface area contributed by atoms with Gasteiger partial charge < -0.3 is 4.40 Å². The maximum Gasteiger partial charge on any atom is 0.170 e. The van der Waals surface area contributed by atoms with Gasteiger partial charge in [-0.25, -0.2) is 9.37 Å². The minimum absolute atomic E-state index is 0.265. The Morgan fingerprint density at radius 2 is 2.00 bits per heavy atom. The van der Waals surface area contributed by atoms with E-state index in [9.17, 15) is 9.18 Å². The summed E-state index contributed by atoms with van der Waals surface area (Å²) in [6.07, 6.45) is 3.14. The lowest BCUT2D eigenvalue weighted by atomic mass is 10.1. The van der Waals surface area contributed by atoms with Crippen molar-refractivity contribution in [3.05, 3.63) is 70.0 Å². The Kier molecular flexibility index (Phi) is 3.36. The zero-order chi connectivity index (χ0) is 14.1. The van der Waals surface area contributed by atoms with E-state index in [4.69, 9.17) is 0 Å². The van der Waals surface area contributed by atoms with Gasteiger partial charge in [0.2, 0.25) is 0 Å². The van der Waals surface area contributed by atoms with E-state index in [-0.39, 0.29) is 5.82 Å². The largest absolute Gasteiger partial charge is 0.303 e. The molecule has 100 valence electrons. The maximum atomic E-state index is 12.9. The van der Waals surface area contributed by atoms with E-state index >= 15 is 0 Å². The quantitative estimate of drug-likeness (QED) is 0.686. The molecule has 3 nitrogen and oxygen atoms in total. The summed E-state index contributed by atoms with van der Waals surface area (Å²) in [6, 6.07) is 10.0. The van der Waals surface area contributed by atoms with E-state index in [1.54, 1.807) is 12.1 Å². The number of aromatic nitrogens is 2. The summed E-state index contributed by atoms with van der Waals surface area (Å²) in [5, 5.41) is 0. The zero-order valence-corrected chi connectivity index (χ0v) is 12.0. The molecular weight excluding hydrogens is 323 g/mol. The second kappa shape index (κ2) is 5.17. The Morgan fingerprint density at radius 3 is 2.70 bits per heavy atom. The van der Waals surface area contributed by atoms with E-state index in [2.05, 4.69) is 20.9 Å². The number of hydrogen-bond donors (Lipinski definition) is 0. The Morgan fingerprint density at radius 1 is 1.25 bits per heavy atom. The molecule has 2 heterocycles. The van der Waals surface area contributed by atoms with Crippen LogP contribution in [0, 0.1) is 5.82 Å². The standard InChI is InChI=1S/C15H10BrFN2O/c16-11-5-6-19-14(8-11)13(9-20)18-15(19)7-10-1-3-12(17)4-2-10/h1-6,8-9H,7H2. The smallest absolute Gasteiger partial charge is 0.170 e. The molecule has 0 saturated heterocycles. The van der Waals surface area contributed by atoms with Crippen molar-refractivity contribution in [3.8, 4) is 0 Å². The molecule has 2 aromatic heterocycles. The van der Waals surface area contributed by atoms with Crippen LogP contribution in [0.1, 0.15) is 21.9 Å². The molecule has 3 aromatic rings. The molecule has 0 fully saturated rings. The van der Waals surface area contributed by atoms with Crippen LogP contribution in [0.5, 0.6) is 0 Å². The number of aldehydes is 1. The van der Waals surface area contributed by atoms with Crippen molar-refractivity contribution in [2.45, 2.75) is 6.42 Å². The van der Waals surface area contributed by atoms with E-state index in [0.717, 1.165) is 27.7 Å². The summed E-state index contributed by atoms with van der Waals surface area (Å²) in [5.74, 6) is 0.487. The van der Waals surface area contributed by atoms with Crippen molar-refractivity contribution in [3.63, 3.8) is 0 Å². The Bertz CT molecular complexity index is 780. The van der Waals surface area contributed by atoms with Gasteiger partial charge in [0.25, 0.3) is 0 Å². The first kappa shape index (κ1) is 13.0. The fraction of sp³-hybridized carbons (Fsp3) is 0.0667. The van der Waals surface area contributed by atoms with Crippen molar-refractivity contribution in [1.29, 1.82) is 0 Å². The topological polar surface area (TPSA) is 34.4 Å². The summed E-state index contributed by atoms with van der Waals surface area (Å²) >= 11 is 3.38. The van der Waals surface area contributed by atoms with Crippen LogP contribution >= 0.6 is 15.9 Å². The van der Waals surface area contributed by atoms with E-state index in [1.807, 2.05) is 22.7 Å². The lowest BCUT2D eigenvalue weighted by Crippen LogP contribution is -1.96. The average Bonchev–Trinajstić information content (AvgIpc) is 2.78. The van der Waals surface area contributed by atoms with E-state index < -0.39 is 0 Å². The van der Waals surface area contributed by atoms with Gasteiger partial charge in [-0.1, -0.05) is 28.1 Å². The van der Waals surface area contributed by atoms with Crippen molar-refractivity contribution < 1.29 is 9.18 Å². The molecule has 3 rings (SSSR count). The molecule has 0 unspecified atom stereocenters. The first-order valence-electron chi connectivity index (χ1n) is 6.03. The highest BCUT2D eigenvalue weighted by Crippen LogP contribution is 2.19. The first-order chi connectivity index (χ1) is 9.67. The van der Waals surface area contributed by atoms with Crippen molar-refractivity contribution >= 4 is 27.7 Å². The molecule has 0 aliphatic rings. The van der Waals surface area contributed by atoms with Crippen LogP contribution < -0.4 is 0 Å². The normalized spacial score (nSPS) is 10.9. The summed E-state index contributed by atoms with van der Waals surface area (Å²) in [7, 11) is 0. The number of pyridine rings is 1. The summed E-state index contributed by atoms with van der Waals surface area (Å²) < 4.78 is 15.7. The highest BCUT2D eigenvalue weighted by Gasteiger charge is 2.11. The number of carbonyl (C=O) groups excluding carboxylic acids is 1. The third-order valence-corrected chi connectivity index (χ3v) is 3.59. The Balaban J connectivity index is 2.07. The minimum Gasteiger partial charge on any atom is -0.303 e. The number of imidazole rings is 1. The first-order valence-corrected chi connectivity index (χ1v) is 6.83. The molecule has 0 aliphatic carbocycles. The van der Waals surface area contributed by atoms with Gasteiger partial charge in [-0.3, -0.25) is 4.79 Å². The van der Waals surface area contributed by atoms with Crippen LogP contribution in [0.2, 0.25) is 0 Å². The molecule has 0 radical (unpaired) electrons. The molecule has 0 saturated carbocycles. The molecule has 0 N–H and O–H groups in total. The van der Waals surface area contributed by atoms with Gasteiger partial charge in [-0.15, -0.1) is 0 Å². The molecular formula is C15H10BrFN2O. The molecule has 5 heteroatoms. The van der Waals surface area contributed by atoms with Crippen LogP contribution in [-0.2, 0) is 6.42 Å². The van der Waals surface area contributed by atoms with Crippen LogP contribution in [-0.4, -0.2) is 15.7 Å². The Hall–Kier alpha value is -2.01. The molecule has 1 aromatic carbocycles. The molecule has 0 atom stereocenters. The number of fused-ring (bicyclic) bond motifs is 1. The van der Waals surface area contributed by atoms with E-state index in [0.29, 0.717) is 12.1 Å². The van der Waals surface area contributed by atoms with Crippen LogP contribution in [0.4, 0.5) is 4.39 Å². The van der Waals surface area contributed by atoms with Crippen LogP contribution in [0.15, 0.2) is 47.1 Å². The second-order valence-corrected chi connectivity index (χ2v) is 5.35. The number of halogens is 2. The fourth-order valence-electron chi connectivity index (χ4n) is 2.14. The molecule has 20 heavy (non-hydrogen) atoms. The van der Waals surface area contributed by atoms with Crippen LogP contribution in [0.3, 0.4) is 0 Å². The third-order valence-electron chi connectivity index (χ3n) is 3.09. The maximum absolute atomic E-state index is 12.9. The van der Waals surface area contributed by atoms with Gasteiger partial charge in [0, 0.05) is 17.1 Å². The monoisotopic (exact) mass is 332 g/mol. The van der Waals surface area contributed by atoms with Gasteiger partial charge in [0.15, 0.2) is 6.29 Å². The van der Waals surface area contributed by atoms with Gasteiger partial charge in [0.1, 0.15) is 17.3 Å². The van der Waals surface area contributed by atoms with Gasteiger partial charge in [-0.05, 0) is 29.8 Å². The lowest BCUT2D eigenvalue weighted by molar-refractivity contribution is 0.112. The summed E-state index contributed by atoms with van der Waals surface area (Å²) in [4.78, 5) is 15.4. The predicted octanol–water partition coefficient (Wildman–Crippen LogP) is 3.64. The number of benzene rings is 1. The minimum atomic E-state index is -0.265. The Labute approximate surface area is 123 Å². The molecule has 0 aliphatic heterocycles. The highest BCUT2D eigenvalue weighted by atomic mass is 79.9. The third kappa shape index (κ3) is 2.36. The SMILES string of the molecule is O=Cc1nc(Cc2ccc(F)cc2)n2ccc(Br)cc12. The predicted molar refractivity (Wildman–Crippen MR) is 77.5 cm³/mol. The number of nitrogens with zero attached hydrogens (tertiary/aromatic N) is 2. The average molecular weight is 333 g/mol. The van der Waals surface area contributed by atoms with Gasteiger partial charge in [-0.2, -0.15) is 0 Å². The van der Waals surface area contributed by atoms with Crippen LogP contribution in [0.25, 0.3) is 5.52 Å². The number of carbonyl (C=O) groups is 1. The molecule has 0 spiro atoms. The van der Waals surface area contributed by atoms with Crippen molar-refractivity contribution in [2.75, 3.05) is 0 Å². The summed E-state index contributed by atoms with van der Waals surface area (Å²) in [5.41, 5.74) is 2.11. The summed E-state index contributed by atoms with van der Waals surface area (Å²) in [6.45, 7) is 0. The zero-order valence-electron chi connectivity index (χ0n) is 10.4. The van der Waals surface area contributed by atoms with Crippen molar-refractivity contribution in [1.82, 2.24) is 9.38 Å². The number of hydrogen-bond acceptors (Lipinski definition) is 2. The van der Waals surface area contributed by atoms with E-state index in [1.165, 1.54) is 12.1 Å². The highest BCUT2D eigenvalue weighted by molar-refractivity contribution is 9.10. The fourth-order valence-corrected chi connectivity index (χ4v) is 2.48. The van der Waals surface area contributed by atoms with Gasteiger partial charge in [0.05, 0.1) is 5.52 Å². The molecule has 0 amide bonds.